The van der Waals surface area contributed by atoms with Crippen molar-refractivity contribution in [1.82, 2.24) is 19.9 Å². The number of ether oxygens (including phenoxy) is 1. The number of rotatable bonds is 6. The number of hydrogen-bond acceptors (Lipinski definition) is 9. The molecule has 268 valence electrons. The largest absolute Gasteiger partial charge is 0.480 e. The van der Waals surface area contributed by atoms with Crippen LogP contribution in [0.5, 0.6) is 5.88 Å². The molecular weight excluding hydrogens is 669 g/mol. The molecule has 13 heteroatoms. The van der Waals surface area contributed by atoms with Gasteiger partial charge in [-0.3, -0.25) is 4.79 Å². The average Bonchev–Trinajstić information content (AvgIpc) is 3.47. The van der Waals surface area contributed by atoms with E-state index in [1.807, 2.05) is 38.1 Å². The molecule has 1 fully saturated rings. The Bertz CT molecular complexity index is 2080. The maximum atomic E-state index is 14.6. The van der Waals surface area contributed by atoms with Crippen molar-refractivity contribution in [2.45, 2.75) is 83.8 Å². The van der Waals surface area contributed by atoms with Crippen molar-refractivity contribution in [2.24, 2.45) is 5.41 Å². The van der Waals surface area contributed by atoms with Gasteiger partial charge in [0.15, 0.2) is 0 Å². The molecule has 2 aliphatic rings. The van der Waals surface area contributed by atoms with Gasteiger partial charge < -0.3 is 19.6 Å². The number of aromatic nitrogens is 3. The second-order valence-corrected chi connectivity index (χ2v) is 16.5. The lowest BCUT2D eigenvalue weighted by atomic mass is 9.87. The zero-order valence-electron chi connectivity index (χ0n) is 29.8. The van der Waals surface area contributed by atoms with Crippen LogP contribution in [0.25, 0.3) is 11.3 Å². The van der Waals surface area contributed by atoms with E-state index < -0.39 is 33.5 Å². The van der Waals surface area contributed by atoms with E-state index in [0.29, 0.717) is 43.0 Å². The molecule has 1 amide bonds. The van der Waals surface area contributed by atoms with Gasteiger partial charge in [-0.1, -0.05) is 51.1 Å². The molecule has 1 saturated heterocycles. The average molecular weight is 713 g/mol. The number of hydrogen-bond donors (Lipinski definition) is 2. The molecule has 0 radical (unpaired) electrons. The van der Waals surface area contributed by atoms with Crippen LogP contribution in [-0.4, -0.2) is 70.0 Å². The lowest BCUT2D eigenvalue weighted by Crippen LogP contribution is -2.48. The Morgan fingerprint density at radius 3 is 2.43 bits per heavy atom. The minimum atomic E-state index is -4.22. The number of aliphatic carboxylic acids is 1. The van der Waals surface area contributed by atoms with Gasteiger partial charge in [0.05, 0.1) is 28.9 Å². The summed E-state index contributed by atoms with van der Waals surface area (Å²) in [5.74, 6) is -0.798. The number of benzene rings is 2. The Hall–Kier alpha value is -5.04. The first-order chi connectivity index (χ1) is 24.0. The second kappa shape index (κ2) is 13.6. The van der Waals surface area contributed by atoms with Crippen molar-refractivity contribution < 1.29 is 27.9 Å². The number of aryl methyl sites for hydroxylation is 2. The number of carboxylic acid groups (broad SMARTS) is 1. The molecule has 4 heterocycles. The van der Waals surface area contributed by atoms with Crippen LogP contribution in [0.15, 0.2) is 71.6 Å². The number of anilines is 2. The van der Waals surface area contributed by atoms with Gasteiger partial charge in [0.25, 0.3) is 15.9 Å². The number of amides is 1. The summed E-state index contributed by atoms with van der Waals surface area (Å²) in [5.41, 5.74) is 2.62. The highest BCUT2D eigenvalue weighted by molar-refractivity contribution is 7.92. The summed E-state index contributed by atoms with van der Waals surface area (Å²) in [6, 6.07) is 18.4. The molecule has 0 spiro atoms. The number of fused-ring (bicyclic) bond motifs is 4. The van der Waals surface area contributed by atoms with Crippen molar-refractivity contribution in [1.29, 1.82) is 0 Å². The molecule has 4 aromatic rings. The molecule has 0 unspecified atom stereocenters. The second-order valence-electron chi connectivity index (χ2n) is 14.8. The SMILES string of the molecule is Cc1cccc(C)c1-c1cc2nc(n1)NS(=O)(=O)c1cccc(c1)C(=O)N(Cc1cccc(N3CCC[C@@]3(C)C(=O)O)n1)[C@H](CC(C)(C)C)CO2. The Kier molecular flexibility index (Phi) is 9.53. The Morgan fingerprint density at radius 2 is 1.73 bits per heavy atom. The van der Waals surface area contributed by atoms with Crippen molar-refractivity contribution in [3.63, 3.8) is 0 Å². The molecule has 2 atom stereocenters. The molecule has 4 bridgehead atoms. The summed E-state index contributed by atoms with van der Waals surface area (Å²) in [4.78, 5) is 44.1. The fraction of sp³-hybridized carbons (Fsp3) is 0.395. The Morgan fingerprint density at radius 1 is 1.02 bits per heavy atom. The van der Waals surface area contributed by atoms with Crippen LogP contribution in [0.1, 0.15) is 74.1 Å². The summed E-state index contributed by atoms with van der Waals surface area (Å²) >= 11 is 0. The predicted octanol–water partition coefficient (Wildman–Crippen LogP) is 6.24. The van der Waals surface area contributed by atoms with Crippen molar-refractivity contribution in [3.05, 3.63) is 89.1 Å². The van der Waals surface area contributed by atoms with Gasteiger partial charge in [-0.05, 0) is 86.9 Å². The Labute approximate surface area is 299 Å². The molecule has 2 aromatic carbocycles. The summed E-state index contributed by atoms with van der Waals surface area (Å²) in [7, 11) is -4.22. The number of nitrogens with zero attached hydrogens (tertiary/aromatic N) is 5. The van der Waals surface area contributed by atoms with E-state index in [0.717, 1.165) is 16.7 Å². The van der Waals surface area contributed by atoms with Gasteiger partial charge in [-0.15, -0.1) is 0 Å². The number of nitrogens with one attached hydrogen (secondary N) is 1. The van der Waals surface area contributed by atoms with Crippen LogP contribution in [0.4, 0.5) is 11.8 Å². The van der Waals surface area contributed by atoms with Gasteiger partial charge in [-0.2, -0.15) is 4.98 Å². The summed E-state index contributed by atoms with van der Waals surface area (Å²) in [6.45, 7) is 12.5. The first-order valence-electron chi connectivity index (χ1n) is 17.0. The highest BCUT2D eigenvalue weighted by atomic mass is 32.2. The number of sulfonamides is 1. The molecule has 6 rings (SSSR count). The number of pyridine rings is 1. The number of carboxylic acids is 1. The van der Waals surface area contributed by atoms with Crippen LogP contribution in [0.3, 0.4) is 0 Å². The summed E-state index contributed by atoms with van der Waals surface area (Å²) in [5, 5.41) is 10.1. The lowest BCUT2D eigenvalue weighted by Gasteiger charge is -2.36. The molecule has 2 aromatic heterocycles. The van der Waals surface area contributed by atoms with Gasteiger partial charge in [0, 0.05) is 23.7 Å². The van der Waals surface area contributed by atoms with Gasteiger partial charge in [0.1, 0.15) is 18.0 Å². The molecule has 12 nitrogen and oxygen atoms in total. The van der Waals surface area contributed by atoms with E-state index in [4.69, 9.17) is 9.72 Å². The molecule has 0 saturated carbocycles. The van der Waals surface area contributed by atoms with Gasteiger partial charge in [0.2, 0.25) is 11.8 Å². The maximum Gasteiger partial charge on any atom is 0.329 e. The van der Waals surface area contributed by atoms with Crippen LogP contribution >= 0.6 is 0 Å². The highest BCUT2D eigenvalue weighted by Crippen LogP contribution is 2.35. The molecule has 0 aliphatic carbocycles. The lowest BCUT2D eigenvalue weighted by molar-refractivity contribution is -0.142. The standard InChI is InChI=1S/C38H44N6O6S/c1-24-11-7-12-25(2)33(24)30-20-32-41-36(40-30)42-51(48,49)29-15-8-13-26(19-29)34(45)43(28(23-50-32)21-37(3,4)5)22-27-14-9-16-31(39-27)44-18-10-17-38(44,6)35(46)47/h7-9,11-16,19-20,28H,10,17-18,21-23H2,1-6H3,(H,46,47)(H,40,41,42)/t28-,38+/m1/s1. The summed E-state index contributed by atoms with van der Waals surface area (Å²) in [6.07, 6.45) is 1.74. The van der Waals surface area contributed by atoms with Gasteiger partial charge in [-0.25, -0.2) is 27.9 Å². The third-order valence-corrected chi connectivity index (χ3v) is 10.9. The molecule has 2 aliphatic heterocycles. The highest BCUT2D eigenvalue weighted by Gasteiger charge is 2.44. The number of carbonyl (C=O) groups is 2. The topological polar surface area (TPSA) is 155 Å². The van der Waals surface area contributed by atoms with Crippen LogP contribution in [0, 0.1) is 19.3 Å². The van der Waals surface area contributed by atoms with E-state index in [1.165, 1.54) is 18.2 Å². The van der Waals surface area contributed by atoms with Crippen LogP contribution < -0.4 is 14.4 Å². The van der Waals surface area contributed by atoms with Crippen LogP contribution in [-0.2, 0) is 21.4 Å². The normalized spacial score (nSPS) is 20.4. The van der Waals surface area contributed by atoms with Crippen molar-refractivity contribution in [3.8, 4) is 17.1 Å². The third-order valence-electron chi connectivity index (χ3n) is 9.53. The van der Waals surface area contributed by atoms with E-state index in [-0.39, 0.29) is 40.9 Å². The van der Waals surface area contributed by atoms with E-state index >= 15 is 0 Å². The Balaban J connectivity index is 1.47. The van der Waals surface area contributed by atoms with E-state index in [9.17, 15) is 23.1 Å². The monoisotopic (exact) mass is 712 g/mol. The zero-order valence-corrected chi connectivity index (χ0v) is 30.6. The van der Waals surface area contributed by atoms with E-state index in [1.54, 1.807) is 41.0 Å². The first-order valence-corrected chi connectivity index (χ1v) is 18.5. The molecule has 2 N–H and O–H groups in total. The minimum absolute atomic E-state index is 0.0427. The first kappa shape index (κ1) is 35.8. The van der Waals surface area contributed by atoms with Crippen molar-refractivity contribution >= 4 is 33.7 Å². The predicted molar refractivity (Wildman–Crippen MR) is 194 cm³/mol. The molecule has 51 heavy (non-hydrogen) atoms. The number of carbonyl (C=O) groups excluding carboxylic acids is 1. The summed E-state index contributed by atoms with van der Waals surface area (Å²) < 4.78 is 36.4. The zero-order chi connectivity index (χ0) is 36.7. The fourth-order valence-corrected chi connectivity index (χ4v) is 7.97. The third kappa shape index (κ3) is 7.53. The maximum absolute atomic E-state index is 14.6. The van der Waals surface area contributed by atoms with E-state index in [2.05, 4.69) is 35.5 Å². The minimum Gasteiger partial charge on any atom is -0.480 e. The molecular formula is C38H44N6O6S. The smallest absolute Gasteiger partial charge is 0.329 e. The fourth-order valence-electron chi connectivity index (χ4n) is 6.98. The van der Waals surface area contributed by atoms with Crippen LogP contribution in [0.2, 0.25) is 0 Å². The van der Waals surface area contributed by atoms with Crippen molar-refractivity contribution in [2.75, 3.05) is 22.8 Å². The van der Waals surface area contributed by atoms with Gasteiger partial charge >= 0.3 is 5.97 Å². The quantitative estimate of drug-likeness (QED) is 0.235.